The Labute approximate surface area is 125 Å². The Hall–Kier alpha value is -1.46. The normalized spacial score (nSPS) is 25.7. The number of benzene rings is 1. The van der Waals surface area contributed by atoms with Gasteiger partial charge < -0.3 is 9.47 Å². The molecule has 5 nitrogen and oxygen atoms in total. The Morgan fingerprint density at radius 2 is 1.86 bits per heavy atom. The molecule has 1 aliphatic rings. The van der Waals surface area contributed by atoms with E-state index in [1.165, 1.54) is 25.0 Å². The van der Waals surface area contributed by atoms with Gasteiger partial charge in [-0.05, 0) is 25.0 Å². The molecule has 0 amide bonds. The van der Waals surface area contributed by atoms with Gasteiger partial charge in [-0.25, -0.2) is 0 Å². The Kier molecular flexibility index (Phi) is 5.31. The first-order valence-electron chi connectivity index (χ1n) is 7.58. The molecule has 0 unspecified atom stereocenters. The predicted octanol–water partition coefficient (Wildman–Crippen LogP) is 4.23. The van der Waals surface area contributed by atoms with Gasteiger partial charge in [0.05, 0.1) is 18.1 Å². The van der Waals surface area contributed by atoms with Gasteiger partial charge in [0.15, 0.2) is 6.29 Å². The third-order valence-electron chi connectivity index (χ3n) is 4.27. The van der Waals surface area contributed by atoms with Crippen LogP contribution in [0.2, 0.25) is 0 Å². The largest absolute Gasteiger partial charge is 0.348 e. The second-order valence-corrected chi connectivity index (χ2v) is 5.76. The molecule has 0 aliphatic carbocycles. The standard InChI is InChI=1S/C16H23NO4/c1-3-5-10-16(4-2)11-20-15(21-12-16)13-6-8-14(9-7-13)17(18)19/h6-9,15H,3-5,10-12H2,1-2H3. The summed E-state index contributed by atoms with van der Waals surface area (Å²) in [5.41, 5.74) is 1.04. The van der Waals surface area contributed by atoms with Crippen LogP contribution in [0.4, 0.5) is 5.69 Å². The molecular formula is C16H23NO4. The fraction of sp³-hybridized carbons (Fsp3) is 0.625. The molecule has 5 heteroatoms. The van der Waals surface area contributed by atoms with Crippen LogP contribution < -0.4 is 0 Å². The van der Waals surface area contributed by atoms with E-state index < -0.39 is 11.2 Å². The van der Waals surface area contributed by atoms with Crippen LogP contribution in [0.3, 0.4) is 0 Å². The van der Waals surface area contributed by atoms with Gasteiger partial charge >= 0.3 is 0 Å². The summed E-state index contributed by atoms with van der Waals surface area (Å²) >= 11 is 0. The van der Waals surface area contributed by atoms with Crippen LogP contribution in [0.5, 0.6) is 0 Å². The van der Waals surface area contributed by atoms with E-state index in [2.05, 4.69) is 13.8 Å². The molecule has 0 spiro atoms. The van der Waals surface area contributed by atoms with Crippen molar-refractivity contribution in [3.63, 3.8) is 0 Å². The molecule has 1 aromatic rings. The minimum absolute atomic E-state index is 0.0837. The summed E-state index contributed by atoms with van der Waals surface area (Å²) in [6, 6.07) is 6.38. The number of non-ortho nitro benzene ring substituents is 1. The molecule has 0 bridgehead atoms. The number of nitro benzene ring substituents is 1. The molecule has 1 fully saturated rings. The fourth-order valence-corrected chi connectivity index (χ4v) is 2.62. The average molecular weight is 293 g/mol. The SMILES string of the molecule is CCCCC1(CC)COC(c2ccc([N+](=O)[O-])cc2)OC1. The predicted molar refractivity (Wildman–Crippen MR) is 80.0 cm³/mol. The molecule has 2 rings (SSSR count). The maximum Gasteiger partial charge on any atom is 0.269 e. The van der Waals surface area contributed by atoms with Crippen LogP contribution in [-0.2, 0) is 9.47 Å². The maximum absolute atomic E-state index is 10.7. The first-order valence-corrected chi connectivity index (χ1v) is 7.58. The van der Waals surface area contributed by atoms with Gasteiger partial charge in [-0.1, -0.05) is 26.7 Å². The summed E-state index contributed by atoms with van der Waals surface area (Å²) in [6.07, 6.45) is 4.11. The minimum Gasteiger partial charge on any atom is -0.348 e. The Bertz CT molecular complexity index is 464. The molecule has 0 saturated carbocycles. The smallest absolute Gasteiger partial charge is 0.269 e. The third-order valence-corrected chi connectivity index (χ3v) is 4.27. The van der Waals surface area contributed by atoms with Crippen LogP contribution in [0.25, 0.3) is 0 Å². The van der Waals surface area contributed by atoms with Gasteiger partial charge in [0.2, 0.25) is 0 Å². The van der Waals surface area contributed by atoms with Crippen LogP contribution in [0.1, 0.15) is 51.4 Å². The number of nitro groups is 1. The second kappa shape index (κ2) is 7.00. The highest BCUT2D eigenvalue weighted by molar-refractivity contribution is 5.33. The summed E-state index contributed by atoms with van der Waals surface area (Å²) in [4.78, 5) is 10.3. The molecule has 21 heavy (non-hydrogen) atoms. The lowest BCUT2D eigenvalue weighted by molar-refractivity contribution is -0.384. The van der Waals surface area contributed by atoms with Crippen molar-refractivity contribution in [2.45, 2.75) is 45.8 Å². The summed E-state index contributed by atoms with van der Waals surface area (Å²) in [6.45, 7) is 5.73. The summed E-state index contributed by atoms with van der Waals surface area (Å²) in [7, 11) is 0. The maximum atomic E-state index is 10.7. The van der Waals surface area contributed by atoms with Crippen molar-refractivity contribution in [3.8, 4) is 0 Å². The lowest BCUT2D eigenvalue weighted by Crippen LogP contribution is -2.38. The van der Waals surface area contributed by atoms with Crippen molar-refractivity contribution < 1.29 is 14.4 Å². The highest BCUT2D eigenvalue weighted by atomic mass is 16.7. The van der Waals surface area contributed by atoms with E-state index in [9.17, 15) is 10.1 Å². The third kappa shape index (κ3) is 3.80. The first kappa shape index (κ1) is 15.9. The fourth-order valence-electron chi connectivity index (χ4n) is 2.62. The van der Waals surface area contributed by atoms with Gasteiger partial charge in [0, 0.05) is 23.1 Å². The van der Waals surface area contributed by atoms with Crippen molar-refractivity contribution in [1.29, 1.82) is 0 Å². The molecule has 1 saturated heterocycles. The summed E-state index contributed by atoms with van der Waals surface area (Å²) < 4.78 is 11.8. The summed E-state index contributed by atoms with van der Waals surface area (Å²) in [5, 5.41) is 10.7. The van der Waals surface area contributed by atoms with Crippen molar-refractivity contribution in [1.82, 2.24) is 0 Å². The molecule has 0 radical (unpaired) electrons. The zero-order chi connectivity index (χ0) is 15.3. The van der Waals surface area contributed by atoms with E-state index in [0.29, 0.717) is 13.2 Å². The number of unbranched alkanes of at least 4 members (excludes halogenated alkanes) is 1. The molecular weight excluding hydrogens is 270 g/mol. The van der Waals surface area contributed by atoms with Crippen LogP contribution in [0, 0.1) is 15.5 Å². The molecule has 1 aliphatic heterocycles. The van der Waals surface area contributed by atoms with Crippen molar-refractivity contribution in [2.24, 2.45) is 5.41 Å². The van der Waals surface area contributed by atoms with Gasteiger partial charge in [-0.2, -0.15) is 0 Å². The van der Waals surface area contributed by atoms with E-state index >= 15 is 0 Å². The summed E-state index contributed by atoms with van der Waals surface area (Å²) in [5.74, 6) is 0. The van der Waals surface area contributed by atoms with E-state index in [-0.39, 0.29) is 11.1 Å². The highest BCUT2D eigenvalue weighted by Crippen LogP contribution is 2.38. The van der Waals surface area contributed by atoms with Crippen LogP contribution >= 0.6 is 0 Å². The lowest BCUT2D eigenvalue weighted by atomic mass is 9.81. The van der Waals surface area contributed by atoms with Crippen LogP contribution in [-0.4, -0.2) is 18.1 Å². The topological polar surface area (TPSA) is 61.6 Å². The van der Waals surface area contributed by atoms with Crippen molar-refractivity contribution in [2.75, 3.05) is 13.2 Å². The number of rotatable bonds is 6. The quantitative estimate of drug-likeness (QED) is 0.581. The second-order valence-electron chi connectivity index (χ2n) is 5.76. The minimum atomic E-state index is -0.410. The average Bonchev–Trinajstić information content (AvgIpc) is 2.53. The highest BCUT2D eigenvalue weighted by Gasteiger charge is 2.35. The molecule has 0 aromatic heterocycles. The van der Waals surface area contributed by atoms with Crippen molar-refractivity contribution >= 4 is 5.69 Å². The Morgan fingerprint density at radius 3 is 2.33 bits per heavy atom. The van der Waals surface area contributed by atoms with Gasteiger partial charge in [-0.3, -0.25) is 10.1 Å². The molecule has 1 heterocycles. The zero-order valence-corrected chi connectivity index (χ0v) is 12.7. The van der Waals surface area contributed by atoms with Gasteiger partial charge in [0.25, 0.3) is 5.69 Å². The Balaban J connectivity index is 1.98. The number of ether oxygens (including phenoxy) is 2. The van der Waals surface area contributed by atoms with Gasteiger partial charge in [-0.15, -0.1) is 0 Å². The molecule has 1 aromatic carbocycles. The first-order chi connectivity index (χ1) is 10.1. The zero-order valence-electron chi connectivity index (χ0n) is 12.7. The molecule has 0 N–H and O–H groups in total. The number of nitrogens with zero attached hydrogens (tertiary/aromatic N) is 1. The number of hydrogen-bond donors (Lipinski definition) is 0. The number of hydrogen-bond acceptors (Lipinski definition) is 4. The van der Waals surface area contributed by atoms with E-state index in [1.54, 1.807) is 12.1 Å². The van der Waals surface area contributed by atoms with E-state index in [1.807, 2.05) is 0 Å². The molecule has 0 atom stereocenters. The van der Waals surface area contributed by atoms with E-state index in [0.717, 1.165) is 18.4 Å². The lowest BCUT2D eigenvalue weighted by Gasteiger charge is -2.39. The van der Waals surface area contributed by atoms with Crippen LogP contribution in [0.15, 0.2) is 24.3 Å². The monoisotopic (exact) mass is 293 g/mol. The van der Waals surface area contributed by atoms with E-state index in [4.69, 9.17) is 9.47 Å². The van der Waals surface area contributed by atoms with Crippen molar-refractivity contribution in [3.05, 3.63) is 39.9 Å². The Morgan fingerprint density at radius 1 is 1.24 bits per heavy atom. The van der Waals surface area contributed by atoms with Gasteiger partial charge in [0.1, 0.15) is 0 Å². The molecule has 116 valence electrons.